The SMILES string of the molecule is Cc1ccc(S(=O)(=O)Nc2ccccc2C(=O)c2ccc(C(C)(C)C)cc2)cc1. The van der Waals surface area contributed by atoms with Gasteiger partial charge in [-0.2, -0.15) is 0 Å². The van der Waals surface area contributed by atoms with Gasteiger partial charge in [0.2, 0.25) is 0 Å². The quantitative estimate of drug-likeness (QED) is 0.582. The molecule has 0 saturated carbocycles. The molecule has 0 aliphatic heterocycles. The Morgan fingerprint density at radius 2 is 1.41 bits per heavy atom. The summed E-state index contributed by atoms with van der Waals surface area (Å²) in [5, 5.41) is 0. The molecule has 0 aliphatic carbocycles. The van der Waals surface area contributed by atoms with E-state index in [9.17, 15) is 13.2 Å². The Hall–Kier alpha value is -2.92. The smallest absolute Gasteiger partial charge is 0.261 e. The van der Waals surface area contributed by atoms with Crippen LogP contribution in [0, 0.1) is 6.92 Å². The van der Waals surface area contributed by atoms with Gasteiger partial charge >= 0.3 is 0 Å². The summed E-state index contributed by atoms with van der Waals surface area (Å²) in [5.41, 5.74) is 3.17. The van der Waals surface area contributed by atoms with Crippen LogP contribution in [0.5, 0.6) is 0 Å². The van der Waals surface area contributed by atoms with E-state index in [0.29, 0.717) is 11.1 Å². The first-order valence-electron chi connectivity index (χ1n) is 9.42. The van der Waals surface area contributed by atoms with Gasteiger partial charge in [0.1, 0.15) is 0 Å². The summed E-state index contributed by atoms with van der Waals surface area (Å²) in [6, 6.07) is 20.7. The maximum atomic E-state index is 13.1. The Labute approximate surface area is 172 Å². The fourth-order valence-corrected chi connectivity index (χ4v) is 4.05. The fraction of sp³-hybridized carbons (Fsp3) is 0.208. The molecule has 5 heteroatoms. The van der Waals surface area contributed by atoms with Crippen molar-refractivity contribution >= 4 is 21.5 Å². The summed E-state index contributed by atoms with van der Waals surface area (Å²) < 4.78 is 28.1. The number of sulfonamides is 1. The Morgan fingerprint density at radius 3 is 2.00 bits per heavy atom. The van der Waals surface area contributed by atoms with Crippen molar-refractivity contribution in [3.05, 3.63) is 95.1 Å². The molecule has 150 valence electrons. The summed E-state index contributed by atoms with van der Waals surface area (Å²) in [4.78, 5) is 13.2. The number of benzene rings is 3. The van der Waals surface area contributed by atoms with E-state index in [4.69, 9.17) is 0 Å². The molecule has 0 heterocycles. The van der Waals surface area contributed by atoms with Crippen molar-refractivity contribution in [3.8, 4) is 0 Å². The zero-order chi connectivity index (χ0) is 21.2. The lowest BCUT2D eigenvalue weighted by molar-refractivity contribution is 0.103. The van der Waals surface area contributed by atoms with E-state index in [-0.39, 0.29) is 21.8 Å². The number of rotatable bonds is 5. The van der Waals surface area contributed by atoms with Gasteiger partial charge in [-0.15, -0.1) is 0 Å². The first-order chi connectivity index (χ1) is 13.6. The van der Waals surface area contributed by atoms with E-state index >= 15 is 0 Å². The average molecular weight is 408 g/mol. The van der Waals surface area contributed by atoms with Crippen LogP contribution in [0.15, 0.2) is 77.7 Å². The Bertz CT molecular complexity index is 1120. The standard InChI is InChI=1S/C24H25NO3S/c1-17-9-15-20(16-10-17)29(27,28)25-22-8-6-5-7-21(22)23(26)18-11-13-19(14-12-18)24(2,3)4/h5-16,25H,1-4H3. The van der Waals surface area contributed by atoms with Crippen molar-refractivity contribution in [1.29, 1.82) is 0 Å². The monoisotopic (exact) mass is 407 g/mol. The fourth-order valence-electron chi connectivity index (χ4n) is 2.97. The molecule has 0 amide bonds. The van der Waals surface area contributed by atoms with Gasteiger partial charge in [0.05, 0.1) is 10.6 Å². The van der Waals surface area contributed by atoms with Crippen molar-refractivity contribution in [2.24, 2.45) is 0 Å². The second kappa shape index (κ2) is 7.84. The van der Waals surface area contributed by atoms with Crippen LogP contribution in [0.2, 0.25) is 0 Å². The molecule has 0 fully saturated rings. The summed E-state index contributed by atoms with van der Waals surface area (Å²) in [6.07, 6.45) is 0. The minimum Gasteiger partial charge on any atom is -0.289 e. The minimum absolute atomic E-state index is 0.0108. The highest BCUT2D eigenvalue weighted by Crippen LogP contribution is 2.26. The molecule has 0 spiro atoms. The zero-order valence-electron chi connectivity index (χ0n) is 17.1. The molecule has 0 bridgehead atoms. The number of carbonyl (C=O) groups is 1. The van der Waals surface area contributed by atoms with Gasteiger partial charge < -0.3 is 0 Å². The lowest BCUT2D eigenvalue weighted by atomic mass is 9.86. The highest BCUT2D eigenvalue weighted by molar-refractivity contribution is 7.92. The molecule has 1 N–H and O–H groups in total. The molecule has 0 atom stereocenters. The van der Waals surface area contributed by atoms with Crippen LogP contribution in [0.3, 0.4) is 0 Å². The van der Waals surface area contributed by atoms with E-state index in [1.54, 1.807) is 60.7 Å². The molecule has 3 aromatic carbocycles. The zero-order valence-corrected chi connectivity index (χ0v) is 17.9. The highest BCUT2D eigenvalue weighted by atomic mass is 32.2. The summed E-state index contributed by atoms with van der Waals surface area (Å²) in [7, 11) is -3.80. The van der Waals surface area contributed by atoms with E-state index in [1.807, 2.05) is 19.1 Å². The van der Waals surface area contributed by atoms with Gasteiger partial charge in [0, 0.05) is 11.1 Å². The predicted molar refractivity (Wildman–Crippen MR) is 117 cm³/mol. The van der Waals surface area contributed by atoms with Crippen LogP contribution in [0.25, 0.3) is 0 Å². The van der Waals surface area contributed by atoms with Crippen LogP contribution in [0.1, 0.15) is 47.8 Å². The summed E-state index contributed by atoms with van der Waals surface area (Å²) in [6.45, 7) is 8.22. The molecule has 3 aromatic rings. The lowest BCUT2D eigenvalue weighted by Crippen LogP contribution is -2.16. The normalized spacial score (nSPS) is 11.9. The number of carbonyl (C=O) groups excluding carboxylic acids is 1. The number of ketones is 1. The van der Waals surface area contributed by atoms with Crippen molar-refractivity contribution in [3.63, 3.8) is 0 Å². The predicted octanol–water partition coefficient (Wildman–Crippen LogP) is 5.32. The number of nitrogens with one attached hydrogen (secondary N) is 1. The van der Waals surface area contributed by atoms with Crippen molar-refractivity contribution < 1.29 is 13.2 Å². The molecule has 0 radical (unpaired) electrons. The lowest BCUT2D eigenvalue weighted by Gasteiger charge is -2.19. The van der Waals surface area contributed by atoms with Gasteiger partial charge in [-0.1, -0.05) is 74.9 Å². The number of para-hydroxylation sites is 1. The van der Waals surface area contributed by atoms with Crippen molar-refractivity contribution in [1.82, 2.24) is 0 Å². The van der Waals surface area contributed by atoms with E-state index in [0.717, 1.165) is 11.1 Å². The first-order valence-corrected chi connectivity index (χ1v) is 10.9. The van der Waals surface area contributed by atoms with Gasteiger partial charge in [-0.25, -0.2) is 8.42 Å². The first kappa shape index (κ1) is 20.8. The van der Waals surface area contributed by atoms with Crippen LogP contribution in [-0.4, -0.2) is 14.2 Å². The average Bonchev–Trinajstić information content (AvgIpc) is 2.67. The van der Waals surface area contributed by atoms with E-state index in [1.165, 1.54) is 0 Å². The van der Waals surface area contributed by atoms with Gasteiger partial charge in [0.25, 0.3) is 10.0 Å². The Kier molecular flexibility index (Phi) is 5.62. The van der Waals surface area contributed by atoms with E-state index in [2.05, 4.69) is 25.5 Å². The molecule has 0 aromatic heterocycles. The van der Waals surface area contributed by atoms with Crippen LogP contribution < -0.4 is 4.72 Å². The minimum atomic E-state index is -3.80. The molecule has 29 heavy (non-hydrogen) atoms. The second-order valence-electron chi connectivity index (χ2n) is 8.12. The molecule has 0 saturated heterocycles. The molecular weight excluding hydrogens is 382 g/mol. The van der Waals surface area contributed by atoms with Gasteiger partial charge in [-0.05, 0) is 42.2 Å². The molecule has 0 unspecified atom stereocenters. The Balaban J connectivity index is 1.92. The third-order valence-corrected chi connectivity index (χ3v) is 6.14. The maximum Gasteiger partial charge on any atom is 0.261 e. The van der Waals surface area contributed by atoms with Crippen LogP contribution in [0.4, 0.5) is 5.69 Å². The molecule has 3 rings (SSSR count). The maximum absolute atomic E-state index is 13.1. The van der Waals surface area contributed by atoms with Crippen LogP contribution >= 0.6 is 0 Å². The highest BCUT2D eigenvalue weighted by Gasteiger charge is 2.20. The third-order valence-electron chi connectivity index (χ3n) is 4.76. The number of aryl methyl sites for hydroxylation is 1. The molecule has 4 nitrogen and oxygen atoms in total. The summed E-state index contributed by atoms with van der Waals surface area (Å²) >= 11 is 0. The van der Waals surface area contributed by atoms with Gasteiger partial charge in [0.15, 0.2) is 5.78 Å². The topological polar surface area (TPSA) is 63.2 Å². The number of anilines is 1. The van der Waals surface area contributed by atoms with Crippen molar-refractivity contribution in [2.75, 3.05) is 4.72 Å². The Morgan fingerprint density at radius 1 is 0.828 bits per heavy atom. The summed E-state index contributed by atoms with van der Waals surface area (Å²) in [5.74, 6) is -0.229. The third kappa shape index (κ3) is 4.74. The van der Waals surface area contributed by atoms with Gasteiger partial charge in [-0.3, -0.25) is 9.52 Å². The molecular formula is C24H25NO3S. The van der Waals surface area contributed by atoms with Crippen LogP contribution in [-0.2, 0) is 15.4 Å². The van der Waals surface area contributed by atoms with E-state index < -0.39 is 10.0 Å². The largest absolute Gasteiger partial charge is 0.289 e. The van der Waals surface area contributed by atoms with Crippen molar-refractivity contribution in [2.45, 2.75) is 38.0 Å². The number of hydrogen-bond acceptors (Lipinski definition) is 3. The molecule has 0 aliphatic rings. The number of hydrogen-bond donors (Lipinski definition) is 1. The second-order valence-corrected chi connectivity index (χ2v) is 9.80.